The van der Waals surface area contributed by atoms with Crippen LogP contribution in [-0.4, -0.2) is 103 Å². The average Bonchev–Trinajstić information content (AvgIpc) is 3.08. The third-order valence-corrected chi connectivity index (χ3v) is 10.3. The first-order valence-electron chi connectivity index (χ1n) is 15.8. The lowest BCUT2D eigenvalue weighted by Gasteiger charge is -2.42. The monoisotopic (exact) mass is 677 g/mol. The number of methoxy groups -OCH3 is 1. The second-order valence-corrected chi connectivity index (χ2v) is 14.5. The minimum atomic E-state index is -4.70. The van der Waals surface area contributed by atoms with E-state index < -0.39 is 25.5 Å². The molecule has 0 amide bonds. The Morgan fingerprint density at radius 2 is 1.69 bits per heavy atom. The van der Waals surface area contributed by atoms with Gasteiger partial charge in [-0.15, -0.1) is 6.42 Å². The number of anilines is 5. The summed E-state index contributed by atoms with van der Waals surface area (Å²) in [4.78, 5) is 24.4. The number of hydrogen-bond donors (Lipinski definition) is 2. The molecular formula is C34H39F3N9OP. The van der Waals surface area contributed by atoms with Gasteiger partial charge >= 0.3 is 6.18 Å². The van der Waals surface area contributed by atoms with E-state index in [1.165, 1.54) is 7.11 Å². The molecule has 0 spiro atoms. The molecule has 14 heteroatoms. The Morgan fingerprint density at radius 3 is 2.35 bits per heavy atom. The van der Waals surface area contributed by atoms with Crippen LogP contribution in [-0.2, 0) is 6.18 Å². The summed E-state index contributed by atoms with van der Waals surface area (Å²) in [5, 5.41) is 6.79. The number of hydrogen-bond acceptors (Lipinski definition) is 10. The van der Waals surface area contributed by atoms with Gasteiger partial charge in [-0.25, -0.2) is 4.98 Å². The van der Waals surface area contributed by atoms with Crippen LogP contribution < -0.4 is 25.6 Å². The fourth-order valence-corrected chi connectivity index (χ4v) is 7.65. The molecule has 0 bridgehead atoms. The summed E-state index contributed by atoms with van der Waals surface area (Å²) in [6, 6.07) is 7.62. The molecule has 4 heterocycles. The number of likely N-dealkylation sites (N-methyl/N-ethyl adjacent to an activating group) is 1. The van der Waals surface area contributed by atoms with Crippen molar-refractivity contribution in [1.82, 2.24) is 29.7 Å². The summed E-state index contributed by atoms with van der Waals surface area (Å²) >= 11 is 0. The van der Waals surface area contributed by atoms with Gasteiger partial charge in [0, 0.05) is 86.5 Å². The zero-order chi connectivity index (χ0) is 34.0. The summed E-state index contributed by atoms with van der Waals surface area (Å²) in [5.41, 5.74) is 2.74. The number of nitrogens with one attached hydrogen (secondary N) is 2. The zero-order valence-electron chi connectivity index (χ0n) is 27.5. The van der Waals surface area contributed by atoms with Gasteiger partial charge in [0.1, 0.15) is 17.1 Å². The quantitative estimate of drug-likeness (QED) is 0.184. The number of halogens is 3. The molecule has 0 atom stereocenters. The maximum Gasteiger partial charge on any atom is 0.421 e. The van der Waals surface area contributed by atoms with E-state index >= 15 is 0 Å². The van der Waals surface area contributed by atoms with Crippen LogP contribution in [0, 0.1) is 12.3 Å². The number of nitrogens with zero attached hydrogens (tertiary/aromatic N) is 7. The minimum absolute atomic E-state index is 0.0510. The first-order chi connectivity index (χ1) is 23.0. The van der Waals surface area contributed by atoms with E-state index in [2.05, 4.69) is 58.2 Å². The number of fused-ring (bicyclic) bond motifs is 1. The van der Waals surface area contributed by atoms with Crippen LogP contribution in [0.1, 0.15) is 24.0 Å². The largest absolute Gasteiger partial charge is 0.494 e. The van der Waals surface area contributed by atoms with Gasteiger partial charge in [-0.05, 0) is 51.4 Å². The molecule has 2 saturated heterocycles. The molecule has 10 nitrogen and oxygen atoms in total. The van der Waals surface area contributed by atoms with E-state index in [1.807, 2.05) is 19.4 Å². The van der Waals surface area contributed by atoms with E-state index in [4.69, 9.17) is 11.2 Å². The molecule has 0 radical (unpaired) electrons. The van der Waals surface area contributed by atoms with Gasteiger partial charge in [0.05, 0.1) is 29.5 Å². The lowest BCUT2D eigenvalue weighted by Crippen LogP contribution is -2.52. The van der Waals surface area contributed by atoms with Crippen molar-refractivity contribution in [2.45, 2.75) is 25.1 Å². The van der Waals surface area contributed by atoms with Crippen LogP contribution in [0.5, 0.6) is 5.75 Å². The topological polar surface area (TPSA) is 94.6 Å². The molecule has 0 saturated carbocycles. The molecule has 2 aliphatic rings. The Morgan fingerprint density at radius 1 is 0.958 bits per heavy atom. The fraction of sp³-hybridized carbons (Fsp3) is 0.412. The highest BCUT2D eigenvalue weighted by molar-refractivity contribution is 7.65. The summed E-state index contributed by atoms with van der Waals surface area (Å²) in [5.74, 6) is 2.82. The molecule has 2 aromatic carbocycles. The van der Waals surface area contributed by atoms with E-state index in [0.29, 0.717) is 39.8 Å². The van der Waals surface area contributed by atoms with E-state index in [0.717, 1.165) is 69.3 Å². The molecular weight excluding hydrogens is 638 g/mol. The van der Waals surface area contributed by atoms with Crippen molar-refractivity contribution in [3.8, 4) is 18.1 Å². The average molecular weight is 678 g/mol. The maximum atomic E-state index is 14.2. The number of ether oxygens (including phenoxy) is 1. The van der Waals surface area contributed by atoms with Crippen molar-refractivity contribution >= 4 is 53.1 Å². The van der Waals surface area contributed by atoms with Gasteiger partial charge in [0.15, 0.2) is 0 Å². The third kappa shape index (κ3) is 7.11. The van der Waals surface area contributed by atoms with Crippen molar-refractivity contribution in [2.75, 3.05) is 82.3 Å². The predicted octanol–water partition coefficient (Wildman–Crippen LogP) is 5.50. The molecule has 2 aromatic heterocycles. The number of benzene rings is 2. The molecule has 0 aliphatic carbocycles. The summed E-state index contributed by atoms with van der Waals surface area (Å²) in [6.07, 6.45) is 7.29. The molecule has 2 fully saturated rings. The van der Waals surface area contributed by atoms with Crippen molar-refractivity contribution in [2.24, 2.45) is 0 Å². The van der Waals surface area contributed by atoms with E-state index in [1.54, 1.807) is 30.6 Å². The number of piperidine rings is 1. The van der Waals surface area contributed by atoms with Crippen LogP contribution in [0.4, 0.5) is 42.0 Å². The lowest BCUT2D eigenvalue weighted by molar-refractivity contribution is -0.137. The lowest BCUT2D eigenvalue weighted by atomic mass is 10.00. The van der Waals surface area contributed by atoms with Gasteiger partial charge in [-0.3, -0.25) is 14.9 Å². The highest BCUT2D eigenvalue weighted by Gasteiger charge is 2.36. The molecule has 0 unspecified atom stereocenters. The summed E-state index contributed by atoms with van der Waals surface area (Å²) < 4.78 is 48.3. The maximum absolute atomic E-state index is 14.2. The smallest absolute Gasteiger partial charge is 0.421 e. The van der Waals surface area contributed by atoms with Crippen LogP contribution in [0.3, 0.4) is 0 Å². The van der Waals surface area contributed by atoms with Crippen molar-refractivity contribution in [1.29, 1.82) is 0 Å². The Bertz CT molecular complexity index is 1810. The van der Waals surface area contributed by atoms with Crippen LogP contribution in [0.25, 0.3) is 11.0 Å². The molecule has 2 N–H and O–H groups in total. The summed E-state index contributed by atoms with van der Waals surface area (Å²) in [7, 11) is 2.93. The van der Waals surface area contributed by atoms with Gasteiger partial charge in [0.25, 0.3) is 0 Å². The molecule has 48 heavy (non-hydrogen) atoms. The second-order valence-electron chi connectivity index (χ2n) is 12.3. The van der Waals surface area contributed by atoms with Gasteiger partial charge in [-0.2, -0.15) is 18.2 Å². The number of piperazine rings is 1. The van der Waals surface area contributed by atoms with Crippen LogP contribution >= 0.6 is 7.92 Å². The third-order valence-electron chi connectivity index (χ3n) is 8.99. The summed E-state index contributed by atoms with van der Waals surface area (Å²) in [6.45, 7) is 10.1. The van der Waals surface area contributed by atoms with Crippen molar-refractivity contribution in [3.05, 3.63) is 54.0 Å². The Kier molecular flexibility index (Phi) is 9.88. The predicted molar refractivity (Wildman–Crippen MR) is 187 cm³/mol. The van der Waals surface area contributed by atoms with Gasteiger partial charge < -0.3 is 25.2 Å². The molecule has 4 aromatic rings. The van der Waals surface area contributed by atoms with Crippen LogP contribution in [0.2, 0.25) is 0 Å². The first kappa shape index (κ1) is 33.7. The van der Waals surface area contributed by atoms with Gasteiger partial charge in [-0.1, -0.05) is 13.8 Å². The van der Waals surface area contributed by atoms with Gasteiger partial charge in [0.2, 0.25) is 5.95 Å². The highest BCUT2D eigenvalue weighted by atomic mass is 31.1. The SMILES string of the molecule is C#Cc1cc(Nc2ncc(C(F)(F)F)c(Nc3ccc4nccnc4c3P(C)C)n2)c(OC)cc1N1CCC(N2CCN(C)CC2)CC1. The van der Waals surface area contributed by atoms with E-state index in [-0.39, 0.29) is 5.95 Å². The number of alkyl halides is 3. The standard InChI is InChI=1S/C34H39F3N9OP/c1-6-22-19-27(29(47-3)20-28(22)46-13-9-23(10-14-46)45-17-15-44(2)16-18-45)42-33-40-21-24(34(35,36)37)32(43-33)41-26-8-7-25-30(31(26)48(4)5)39-12-11-38-25/h1,7-8,11-12,19-21,23H,9-10,13-18H2,2-5H3,(H2,40,41,42,43). The molecule has 252 valence electrons. The Labute approximate surface area is 279 Å². The van der Waals surface area contributed by atoms with Crippen molar-refractivity contribution < 1.29 is 17.9 Å². The molecule has 6 rings (SSSR count). The van der Waals surface area contributed by atoms with Crippen molar-refractivity contribution in [3.63, 3.8) is 0 Å². The van der Waals surface area contributed by atoms with Crippen LogP contribution in [0.15, 0.2) is 42.9 Å². The zero-order valence-corrected chi connectivity index (χ0v) is 28.4. The Balaban J connectivity index is 1.27. The molecule has 2 aliphatic heterocycles. The number of terminal acetylenes is 1. The highest BCUT2D eigenvalue weighted by Crippen LogP contribution is 2.40. The normalized spacial score (nSPS) is 16.7. The number of aromatic nitrogens is 4. The van der Waals surface area contributed by atoms with E-state index in [9.17, 15) is 13.2 Å². The number of rotatable bonds is 8. The minimum Gasteiger partial charge on any atom is -0.494 e. The second kappa shape index (κ2) is 14.1. The Hall–Kier alpha value is -4.24. The first-order valence-corrected chi connectivity index (χ1v) is 18.0. The fourth-order valence-electron chi connectivity index (χ4n) is 6.44.